The molecule has 0 aliphatic carbocycles. The second-order valence-corrected chi connectivity index (χ2v) is 4.71. The normalized spacial score (nSPS) is 21.3. The highest BCUT2D eigenvalue weighted by molar-refractivity contribution is 7.52. The number of hydrogen-bond acceptors (Lipinski definition) is 4. The summed E-state index contributed by atoms with van der Waals surface area (Å²) in [7, 11) is 1.41. The zero-order valence-corrected chi connectivity index (χ0v) is 9.40. The van der Waals surface area contributed by atoms with Gasteiger partial charge in [0.2, 0.25) is 5.96 Å². The van der Waals surface area contributed by atoms with Gasteiger partial charge in [-0.3, -0.25) is 4.52 Å². The molecule has 1 unspecified atom stereocenters. The number of hydrogen-bond donors (Lipinski definition) is 1. The molecule has 0 radical (unpaired) electrons. The lowest BCUT2D eigenvalue weighted by atomic mass is 10.6. The molecule has 7 nitrogen and oxygen atoms in total. The van der Waals surface area contributed by atoms with E-state index in [0.29, 0.717) is 5.96 Å². The minimum absolute atomic E-state index is 0.556. The van der Waals surface area contributed by atoms with Crippen molar-refractivity contribution in [1.29, 1.82) is 0 Å². The van der Waals surface area contributed by atoms with E-state index in [1.165, 1.54) is 7.11 Å². The van der Waals surface area contributed by atoms with E-state index in [1.54, 1.807) is 0 Å². The number of rotatable bonds is 3. The van der Waals surface area contributed by atoms with Gasteiger partial charge in [0.15, 0.2) is 0 Å². The van der Waals surface area contributed by atoms with Gasteiger partial charge in [0.1, 0.15) is 0 Å². The fourth-order valence-electron chi connectivity index (χ4n) is 1.16. The van der Waals surface area contributed by atoms with Crippen LogP contribution in [0.3, 0.4) is 0 Å². The van der Waals surface area contributed by atoms with Crippen molar-refractivity contribution in [2.24, 2.45) is 10.7 Å². The Morgan fingerprint density at radius 1 is 1.43 bits per heavy atom. The Morgan fingerprint density at radius 3 is 2.29 bits per heavy atom. The summed E-state index contributed by atoms with van der Waals surface area (Å²) >= 11 is 0. The molecule has 82 valence electrons. The van der Waals surface area contributed by atoms with Crippen molar-refractivity contribution >= 4 is 13.7 Å². The molecular weight excluding hydrogens is 207 g/mol. The van der Waals surface area contributed by atoms with Crippen LogP contribution in [0.15, 0.2) is 4.76 Å². The molecule has 1 aliphatic heterocycles. The molecule has 0 amide bonds. The van der Waals surface area contributed by atoms with Gasteiger partial charge < -0.3 is 9.80 Å². The molecule has 0 spiro atoms. The largest absolute Gasteiger partial charge is 0.473 e. The van der Waals surface area contributed by atoms with Crippen LogP contribution in [0.4, 0.5) is 0 Å². The fraction of sp³-hybridized carbons (Fsp3) is 0.833. The summed E-state index contributed by atoms with van der Waals surface area (Å²) < 4.78 is 24.3. The average Bonchev–Trinajstić information content (AvgIpc) is 2.49. The van der Waals surface area contributed by atoms with Crippen LogP contribution < -0.4 is 5.90 Å². The quantitative estimate of drug-likeness (QED) is 0.529. The maximum atomic E-state index is 11.6. The van der Waals surface area contributed by atoms with Gasteiger partial charge in [-0.25, -0.2) is 15.1 Å². The van der Waals surface area contributed by atoms with Crippen molar-refractivity contribution in [1.82, 2.24) is 9.80 Å². The second kappa shape index (κ2) is 4.27. The van der Waals surface area contributed by atoms with E-state index in [4.69, 9.17) is 5.90 Å². The third-order valence-corrected chi connectivity index (χ3v) is 3.18. The van der Waals surface area contributed by atoms with Crippen molar-refractivity contribution in [2.75, 3.05) is 34.3 Å². The van der Waals surface area contributed by atoms with Crippen LogP contribution >= 0.6 is 7.75 Å². The lowest BCUT2D eigenvalue weighted by molar-refractivity contribution is 0.239. The molecule has 1 rings (SSSR count). The highest BCUT2D eigenvalue weighted by atomic mass is 31.2. The first-order valence-corrected chi connectivity index (χ1v) is 5.58. The Hall–Kier alpha value is -0.620. The SMILES string of the molecule is COP(=O)(N=C1N(C)CCN1C)ON. The highest BCUT2D eigenvalue weighted by Crippen LogP contribution is 2.47. The summed E-state index contributed by atoms with van der Waals surface area (Å²) in [5.74, 6) is 5.41. The van der Waals surface area contributed by atoms with Crippen molar-refractivity contribution in [3.8, 4) is 0 Å². The molecule has 1 heterocycles. The zero-order valence-electron chi connectivity index (χ0n) is 8.51. The Kier molecular flexibility index (Phi) is 3.49. The maximum absolute atomic E-state index is 11.6. The Balaban J connectivity index is 2.90. The molecule has 2 N–H and O–H groups in total. The summed E-state index contributed by atoms with van der Waals surface area (Å²) in [4.78, 5) is 3.70. The smallest absolute Gasteiger partial charge is 0.344 e. The number of nitrogens with two attached hydrogens (primary N) is 1. The lowest BCUT2D eigenvalue weighted by Crippen LogP contribution is -2.28. The van der Waals surface area contributed by atoms with Crippen molar-refractivity contribution in [3.05, 3.63) is 0 Å². The molecule has 14 heavy (non-hydrogen) atoms. The molecule has 0 aromatic rings. The molecule has 1 atom stereocenters. The predicted molar refractivity (Wildman–Crippen MR) is 52.6 cm³/mol. The predicted octanol–water partition coefficient (Wildman–Crippen LogP) is -0.136. The summed E-state index contributed by atoms with van der Waals surface area (Å²) in [5.41, 5.74) is 0. The van der Waals surface area contributed by atoms with E-state index in [9.17, 15) is 4.57 Å². The van der Waals surface area contributed by atoms with Crippen molar-refractivity contribution < 1.29 is 13.7 Å². The number of nitrogens with zero attached hydrogens (tertiary/aromatic N) is 3. The third kappa shape index (κ3) is 2.24. The van der Waals surface area contributed by atoms with Crippen LogP contribution in [0.2, 0.25) is 0 Å². The summed E-state index contributed by atoms with van der Waals surface area (Å²) in [6.45, 7) is 1.65. The zero-order chi connectivity index (χ0) is 10.8. The average molecular weight is 222 g/mol. The van der Waals surface area contributed by atoms with Gasteiger partial charge in [-0.15, -0.1) is 4.76 Å². The molecule has 0 saturated carbocycles. The Morgan fingerprint density at radius 2 is 1.93 bits per heavy atom. The van der Waals surface area contributed by atoms with Crippen LogP contribution in [-0.4, -0.2) is 50.1 Å². The summed E-state index contributed by atoms with van der Waals surface area (Å²) in [5, 5.41) is 0. The van der Waals surface area contributed by atoms with Gasteiger partial charge >= 0.3 is 7.75 Å². The molecule has 1 aliphatic rings. The van der Waals surface area contributed by atoms with Crippen LogP contribution in [-0.2, 0) is 13.7 Å². The molecule has 8 heteroatoms. The van der Waals surface area contributed by atoms with Gasteiger partial charge in [-0.1, -0.05) is 0 Å². The first-order valence-electron chi connectivity index (χ1n) is 4.09. The van der Waals surface area contributed by atoms with E-state index >= 15 is 0 Å². The fourth-order valence-corrected chi connectivity index (χ4v) is 1.90. The Labute approximate surface area is 83.0 Å². The van der Waals surface area contributed by atoms with E-state index in [2.05, 4.69) is 13.9 Å². The number of likely N-dealkylation sites (N-methyl/N-ethyl adjacent to an activating group) is 2. The second-order valence-electron chi connectivity index (χ2n) is 3.00. The van der Waals surface area contributed by atoms with Crippen LogP contribution in [0.1, 0.15) is 0 Å². The van der Waals surface area contributed by atoms with Crippen molar-refractivity contribution in [2.45, 2.75) is 0 Å². The van der Waals surface area contributed by atoms with Crippen molar-refractivity contribution in [3.63, 3.8) is 0 Å². The molecular formula is C6H15N4O3P. The molecule has 0 bridgehead atoms. The van der Waals surface area contributed by atoms with Crippen LogP contribution in [0, 0.1) is 0 Å². The van der Waals surface area contributed by atoms with Crippen LogP contribution in [0.5, 0.6) is 0 Å². The van der Waals surface area contributed by atoms with Gasteiger partial charge in [-0.05, 0) is 0 Å². The van der Waals surface area contributed by atoms with Gasteiger partial charge in [0.25, 0.3) is 0 Å². The van der Waals surface area contributed by atoms with E-state index in [1.807, 2.05) is 23.9 Å². The van der Waals surface area contributed by atoms with E-state index in [0.717, 1.165) is 13.1 Å². The van der Waals surface area contributed by atoms with E-state index in [-0.39, 0.29) is 0 Å². The molecule has 0 aromatic carbocycles. The Bertz CT molecular complexity index is 262. The standard InChI is InChI=1S/C6H15N4O3P/c1-9-4-5-10(2)6(9)8-14(11,12-3)13-7/h4-5,7H2,1-3H3. The first-order chi connectivity index (χ1) is 6.52. The minimum Gasteiger partial charge on any atom is -0.344 e. The minimum atomic E-state index is -3.52. The first kappa shape index (κ1) is 11.5. The topological polar surface area (TPSA) is 80.4 Å². The van der Waals surface area contributed by atoms with Gasteiger partial charge in [0, 0.05) is 34.3 Å². The van der Waals surface area contributed by atoms with Crippen LogP contribution in [0.25, 0.3) is 0 Å². The highest BCUT2D eigenvalue weighted by Gasteiger charge is 2.28. The lowest BCUT2D eigenvalue weighted by Gasteiger charge is -2.17. The monoisotopic (exact) mass is 222 g/mol. The maximum Gasteiger partial charge on any atom is 0.473 e. The van der Waals surface area contributed by atoms with Gasteiger partial charge in [0.05, 0.1) is 0 Å². The third-order valence-electron chi connectivity index (χ3n) is 2.03. The summed E-state index contributed by atoms with van der Waals surface area (Å²) in [6.07, 6.45) is 0. The number of guanidine groups is 1. The molecule has 1 saturated heterocycles. The molecule has 1 fully saturated rings. The molecule has 0 aromatic heterocycles. The van der Waals surface area contributed by atoms with Gasteiger partial charge in [-0.2, -0.15) is 0 Å². The summed E-state index contributed by atoms with van der Waals surface area (Å²) in [6, 6.07) is 0. The van der Waals surface area contributed by atoms with E-state index < -0.39 is 7.75 Å².